The molecule has 1 saturated heterocycles. The molecule has 0 unspecified atom stereocenters. The molecule has 0 aliphatic carbocycles. The molecule has 0 spiro atoms. The summed E-state index contributed by atoms with van der Waals surface area (Å²) in [6.07, 6.45) is 5.90. The minimum absolute atomic E-state index is 0. The Kier molecular flexibility index (Phi) is 14.7. The average Bonchev–Trinajstić information content (AvgIpc) is 3.07. The van der Waals surface area contributed by atoms with Crippen LogP contribution in [0.1, 0.15) is 77.4 Å². The van der Waals surface area contributed by atoms with Crippen molar-refractivity contribution in [1.82, 2.24) is 4.90 Å². The van der Waals surface area contributed by atoms with Crippen molar-refractivity contribution in [2.75, 3.05) is 26.1 Å². The summed E-state index contributed by atoms with van der Waals surface area (Å²) in [6, 6.07) is 22.7. The molecule has 0 saturated carbocycles. The van der Waals surface area contributed by atoms with Gasteiger partial charge < -0.3 is 24.8 Å². The number of benzene rings is 3. The number of carboxylic acids is 1. The van der Waals surface area contributed by atoms with E-state index in [0.29, 0.717) is 13.0 Å². The number of Topliss-reactive ketones (excluding diaryl/α,β-unsaturated/α-hetero) is 1. The maximum Gasteiger partial charge on any atom is 0.326 e. The summed E-state index contributed by atoms with van der Waals surface area (Å²) in [5.74, 6) is 0.458. The van der Waals surface area contributed by atoms with Crippen molar-refractivity contribution in [3.63, 3.8) is 0 Å². The van der Waals surface area contributed by atoms with Crippen molar-refractivity contribution in [2.45, 2.75) is 84.6 Å². The van der Waals surface area contributed by atoms with E-state index < -0.39 is 17.4 Å². The number of carbonyl (C=O) groups excluding carboxylic acids is 3. The summed E-state index contributed by atoms with van der Waals surface area (Å²) < 4.78 is 10.6. The maximum atomic E-state index is 12.2. The van der Waals surface area contributed by atoms with Crippen LogP contribution in [-0.2, 0) is 38.4 Å². The summed E-state index contributed by atoms with van der Waals surface area (Å²) in [4.78, 5) is 49.0. The zero-order chi connectivity index (χ0) is 35.1. The van der Waals surface area contributed by atoms with E-state index in [9.17, 15) is 19.2 Å². The Hall–Kier alpha value is -4.66. The highest BCUT2D eigenvalue weighted by molar-refractivity contribution is 5.94. The van der Waals surface area contributed by atoms with Crippen molar-refractivity contribution in [2.24, 2.45) is 5.41 Å². The first kappa shape index (κ1) is 37.8. The van der Waals surface area contributed by atoms with Crippen LogP contribution in [-0.4, -0.2) is 60.4 Å². The van der Waals surface area contributed by atoms with Crippen LogP contribution >= 0.6 is 0 Å². The maximum absolute atomic E-state index is 12.2. The molecule has 1 fully saturated rings. The lowest BCUT2D eigenvalue weighted by Crippen LogP contribution is -2.48. The van der Waals surface area contributed by atoms with Gasteiger partial charge in [-0.2, -0.15) is 0 Å². The summed E-state index contributed by atoms with van der Waals surface area (Å²) in [5, 5.41) is 12.0. The second-order valence-corrected chi connectivity index (χ2v) is 13.1. The van der Waals surface area contributed by atoms with Crippen LogP contribution in [0.3, 0.4) is 0 Å². The number of piperidine rings is 1. The Balaban J connectivity index is 0.000000374. The number of methoxy groups -OCH3 is 2. The number of nitrogens with one attached hydrogen (secondary N) is 1. The molecule has 0 bridgehead atoms. The van der Waals surface area contributed by atoms with Crippen molar-refractivity contribution in [3.05, 3.63) is 89.5 Å². The summed E-state index contributed by atoms with van der Waals surface area (Å²) >= 11 is 0. The molecular formula is C39H52N2O7. The van der Waals surface area contributed by atoms with E-state index in [0.717, 1.165) is 54.9 Å². The van der Waals surface area contributed by atoms with E-state index in [1.807, 2.05) is 81.4 Å². The number of anilines is 1. The van der Waals surface area contributed by atoms with Gasteiger partial charge in [-0.1, -0.05) is 69.3 Å². The molecular weight excluding hydrogens is 608 g/mol. The third-order valence-corrected chi connectivity index (χ3v) is 8.31. The second kappa shape index (κ2) is 18.6. The number of ketones is 1. The van der Waals surface area contributed by atoms with E-state index >= 15 is 0 Å². The highest BCUT2D eigenvalue weighted by Crippen LogP contribution is 2.28. The Morgan fingerprint density at radius 3 is 2.15 bits per heavy atom. The van der Waals surface area contributed by atoms with Gasteiger partial charge in [0.25, 0.3) is 0 Å². The van der Waals surface area contributed by atoms with Crippen LogP contribution in [0.5, 0.6) is 11.5 Å². The van der Waals surface area contributed by atoms with E-state index in [1.54, 1.807) is 14.2 Å². The highest BCUT2D eigenvalue weighted by atomic mass is 16.5. The van der Waals surface area contributed by atoms with Crippen molar-refractivity contribution >= 4 is 29.3 Å². The molecule has 48 heavy (non-hydrogen) atoms. The molecule has 9 nitrogen and oxygen atoms in total. The van der Waals surface area contributed by atoms with Gasteiger partial charge in [0.1, 0.15) is 11.8 Å². The number of aryl methyl sites for hydroxylation is 2. The van der Waals surface area contributed by atoms with Crippen LogP contribution < -0.4 is 14.8 Å². The molecule has 2 N–H and O–H groups in total. The third kappa shape index (κ3) is 12.2. The molecule has 3 aromatic rings. The fourth-order valence-corrected chi connectivity index (χ4v) is 5.52. The number of rotatable bonds is 13. The summed E-state index contributed by atoms with van der Waals surface area (Å²) in [7, 11) is 3.27. The van der Waals surface area contributed by atoms with E-state index in [1.165, 1.54) is 16.0 Å². The van der Waals surface area contributed by atoms with Gasteiger partial charge in [-0.3, -0.25) is 14.4 Å². The van der Waals surface area contributed by atoms with Crippen LogP contribution in [0.25, 0.3) is 0 Å². The lowest BCUT2D eigenvalue weighted by atomic mass is 9.88. The predicted octanol–water partition coefficient (Wildman–Crippen LogP) is 7.15. The molecule has 2 amide bonds. The normalized spacial score (nSPS) is 14.3. The van der Waals surface area contributed by atoms with Gasteiger partial charge in [0.05, 0.1) is 20.6 Å². The number of hydrogen-bond donors (Lipinski definition) is 2. The van der Waals surface area contributed by atoms with Crippen LogP contribution in [0.4, 0.5) is 5.69 Å². The minimum atomic E-state index is -0.892. The minimum Gasteiger partial charge on any atom is -0.493 e. The lowest BCUT2D eigenvalue weighted by Gasteiger charge is -2.33. The number of amides is 2. The first-order valence-corrected chi connectivity index (χ1v) is 16.6. The monoisotopic (exact) mass is 660 g/mol. The van der Waals surface area contributed by atoms with Gasteiger partial charge in [-0.05, 0) is 79.5 Å². The first-order valence-electron chi connectivity index (χ1n) is 16.6. The largest absolute Gasteiger partial charge is 0.493 e. The fraction of sp³-hybridized carbons (Fsp3) is 0.436. The first-order chi connectivity index (χ1) is 22.9. The Bertz CT molecular complexity index is 1520. The number of ether oxygens (including phenoxy) is 2. The molecule has 1 heterocycles. The lowest BCUT2D eigenvalue weighted by molar-refractivity contribution is -0.151. The zero-order valence-corrected chi connectivity index (χ0v) is 28.9. The van der Waals surface area contributed by atoms with Gasteiger partial charge >= 0.3 is 5.97 Å². The standard InChI is InChI=1S/C25H33NO4.C14H17NO3.H2/c1-25(2,3)23(27)14-15-24(28)26-20-11-7-10-18(16-20)8-6-9-19-12-13-21(29-4)22(17-19)30-5;16-13(10-11-6-2-1-3-7-11)15-9-5-4-8-12(15)14(17)18;/h7,10-13,16-17H,6,8-9,14-15H2,1-5H3,(H,26,28);1-3,6-7,12H,4-5,8-10H2,(H,17,18);1H/t;12-;/m.0./s1. The predicted molar refractivity (Wildman–Crippen MR) is 190 cm³/mol. The van der Waals surface area contributed by atoms with Crippen LogP contribution in [0, 0.1) is 5.41 Å². The average molecular weight is 661 g/mol. The molecule has 1 aliphatic heterocycles. The van der Waals surface area contributed by atoms with Gasteiger partial charge in [0.2, 0.25) is 11.8 Å². The van der Waals surface area contributed by atoms with Crippen molar-refractivity contribution in [3.8, 4) is 11.5 Å². The van der Waals surface area contributed by atoms with Crippen molar-refractivity contribution in [1.29, 1.82) is 0 Å². The quantitative estimate of drug-likeness (QED) is 0.200. The summed E-state index contributed by atoms with van der Waals surface area (Å²) in [6.45, 7) is 6.18. The number of hydrogen-bond acceptors (Lipinski definition) is 6. The third-order valence-electron chi connectivity index (χ3n) is 8.31. The summed E-state index contributed by atoms with van der Waals surface area (Å²) in [5.41, 5.74) is 3.65. The Labute approximate surface area is 286 Å². The van der Waals surface area contributed by atoms with E-state index in [-0.39, 0.29) is 38.3 Å². The van der Waals surface area contributed by atoms with E-state index in [4.69, 9.17) is 14.6 Å². The fourth-order valence-electron chi connectivity index (χ4n) is 5.52. The number of carboxylic acid groups (broad SMARTS) is 1. The topological polar surface area (TPSA) is 122 Å². The Morgan fingerprint density at radius 1 is 0.833 bits per heavy atom. The number of carbonyl (C=O) groups is 4. The molecule has 1 atom stereocenters. The number of nitrogens with zero attached hydrogens (tertiary/aromatic N) is 1. The molecule has 3 aromatic carbocycles. The molecule has 9 heteroatoms. The van der Waals surface area contributed by atoms with Crippen molar-refractivity contribution < 1.29 is 35.2 Å². The van der Waals surface area contributed by atoms with Crippen LogP contribution in [0.15, 0.2) is 72.8 Å². The molecule has 0 aromatic heterocycles. The molecule has 260 valence electrons. The number of likely N-dealkylation sites (tertiary alicyclic amines) is 1. The van der Waals surface area contributed by atoms with Gasteiger partial charge in [-0.15, -0.1) is 0 Å². The van der Waals surface area contributed by atoms with Gasteiger partial charge in [0, 0.05) is 31.9 Å². The Morgan fingerprint density at radius 2 is 1.50 bits per heavy atom. The van der Waals surface area contributed by atoms with Gasteiger partial charge in [-0.25, -0.2) is 4.79 Å². The molecule has 4 rings (SSSR count). The SMILES string of the molecule is COc1ccc(CCCc2cccc(NC(=O)CCC(=O)C(C)(C)C)c2)cc1OC.O=C(O)[C@@H]1CCCCN1C(=O)Cc1ccccc1.[HH]. The van der Waals surface area contributed by atoms with Gasteiger partial charge in [0.15, 0.2) is 11.5 Å². The second-order valence-electron chi connectivity index (χ2n) is 13.1. The highest BCUT2D eigenvalue weighted by Gasteiger charge is 2.31. The molecule has 1 aliphatic rings. The smallest absolute Gasteiger partial charge is 0.326 e. The van der Waals surface area contributed by atoms with E-state index in [2.05, 4.69) is 17.4 Å². The number of aliphatic carboxylic acids is 1. The van der Waals surface area contributed by atoms with Crippen LogP contribution in [0.2, 0.25) is 0 Å². The molecule has 0 radical (unpaired) electrons. The zero-order valence-electron chi connectivity index (χ0n) is 28.9.